The van der Waals surface area contributed by atoms with E-state index in [2.05, 4.69) is 28.7 Å². The Labute approximate surface area is 122 Å². The highest BCUT2D eigenvalue weighted by molar-refractivity contribution is 7.21. The number of thiazole rings is 1. The molecule has 1 aliphatic rings. The summed E-state index contributed by atoms with van der Waals surface area (Å²) >= 11 is 3.64. The quantitative estimate of drug-likeness (QED) is 0.890. The van der Waals surface area contributed by atoms with Gasteiger partial charge in [-0.25, -0.2) is 4.98 Å². The van der Waals surface area contributed by atoms with E-state index in [9.17, 15) is 0 Å². The molecule has 0 unspecified atom stereocenters. The van der Waals surface area contributed by atoms with Crippen LogP contribution in [0.4, 0.5) is 0 Å². The Bertz CT molecular complexity index is 524. The third-order valence-corrected chi connectivity index (χ3v) is 5.98. The van der Waals surface area contributed by atoms with Crippen LogP contribution < -0.4 is 5.32 Å². The highest BCUT2D eigenvalue weighted by Gasteiger charge is 2.14. The molecule has 2 heterocycles. The Morgan fingerprint density at radius 2 is 2.16 bits per heavy atom. The molecule has 1 aliphatic carbocycles. The fourth-order valence-electron chi connectivity index (χ4n) is 2.66. The van der Waals surface area contributed by atoms with Gasteiger partial charge in [-0.2, -0.15) is 0 Å². The number of rotatable bonds is 4. The van der Waals surface area contributed by atoms with E-state index in [0.717, 1.165) is 6.54 Å². The highest BCUT2D eigenvalue weighted by atomic mass is 32.1. The van der Waals surface area contributed by atoms with Gasteiger partial charge in [0.05, 0.1) is 4.88 Å². The number of aryl methyl sites for hydroxylation is 1. The fraction of sp³-hybridized carbons (Fsp3) is 0.533. The third kappa shape index (κ3) is 3.25. The molecule has 0 aromatic carbocycles. The maximum Gasteiger partial charge on any atom is 0.107 e. The summed E-state index contributed by atoms with van der Waals surface area (Å²) in [6.45, 7) is 3.10. The van der Waals surface area contributed by atoms with Crippen LogP contribution in [0.15, 0.2) is 17.6 Å². The van der Waals surface area contributed by atoms with Crippen LogP contribution in [0.3, 0.4) is 0 Å². The summed E-state index contributed by atoms with van der Waals surface area (Å²) in [5.74, 6) is 0. The Morgan fingerprint density at radius 3 is 2.89 bits per heavy atom. The van der Waals surface area contributed by atoms with Crippen LogP contribution >= 0.6 is 22.7 Å². The molecule has 4 heteroatoms. The van der Waals surface area contributed by atoms with Crippen molar-refractivity contribution in [3.63, 3.8) is 0 Å². The maximum absolute atomic E-state index is 4.56. The van der Waals surface area contributed by atoms with Crippen LogP contribution in [-0.4, -0.2) is 11.0 Å². The predicted molar refractivity (Wildman–Crippen MR) is 83.9 cm³/mol. The van der Waals surface area contributed by atoms with Gasteiger partial charge in [0.25, 0.3) is 0 Å². The van der Waals surface area contributed by atoms with E-state index in [1.165, 1.54) is 52.4 Å². The summed E-state index contributed by atoms with van der Waals surface area (Å²) in [5.41, 5.74) is 1.36. The normalized spacial score (nSPS) is 16.9. The van der Waals surface area contributed by atoms with Gasteiger partial charge in [0.1, 0.15) is 5.01 Å². The number of nitrogens with zero attached hydrogens (tertiary/aromatic N) is 1. The SMILES string of the molecule is Cc1ccsc1-c1cnc(CNC2CCCCC2)s1. The maximum atomic E-state index is 4.56. The molecule has 1 N–H and O–H groups in total. The Balaban J connectivity index is 1.60. The molecule has 2 aromatic rings. The molecule has 3 rings (SSSR count). The molecule has 2 nitrogen and oxygen atoms in total. The monoisotopic (exact) mass is 292 g/mol. The van der Waals surface area contributed by atoms with Crippen molar-refractivity contribution in [1.29, 1.82) is 0 Å². The van der Waals surface area contributed by atoms with E-state index < -0.39 is 0 Å². The van der Waals surface area contributed by atoms with Crippen molar-refractivity contribution >= 4 is 22.7 Å². The minimum atomic E-state index is 0.713. The van der Waals surface area contributed by atoms with Crippen LogP contribution in [0.5, 0.6) is 0 Å². The van der Waals surface area contributed by atoms with Crippen LogP contribution in [-0.2, 0) is 6.54 Å². The van der Waals surface area contributed by atoms with Crippen LogP contribution in [0.1, 0.15) is 42.7 Å². The Morgan fingerprint density at radius 1 is 1.32 bits per heavy atom. The van der Waals surface area contributed by atoms with Crippen LogP contribution in [0.2, 0.25) is 0 Å². The number of aromatic nitrogens is 1. The van der Waals surface area contributed by atoms with Gasteiger partial charge in [-0.05, 0) is 36.8 Å². The van der Waals surface area contributed by atoms with Crippen molar-refractivity contribution in [3.8, 4) is 9.75 Å². The Hall–Kier alpha value is -0.710. The van der Waals surface area contributed by atoms with Gasteiger partial charge in [0, 0.05) is 23.7 Å². The van der Waals surface area contributed by atoms with Crippen LogP contribution in [0.25, 0.3) is 9.75 Å². The first kappa shape index (κ1) is 13.3. The standard InChI is InChI=1S/C15H20N2S2/c1-11-7-8-18-15(11)13-9-17-14(19-13)10-16-12-5-3-2-4-6-12/h7-9,12,16H,2-6,10H2,1H3. The van der Waals surface area contributed by atoms with Gasteiger partial charge < -0.3 is 5.32 Å². The molecule has 19 heavy (non-hydrogen) atoms. The summed E-state index contributed by atoms with van der Waals surface area (Å²) in [6, 6.07) is 2.89. The van der Waals surface area contributed by atoms with Gasteiger partial charge in [-0.3, -0.25) is 0 Å². The molecule has 0 amide bonds. The molecule has 0 bridgehead atoms. The molecule has 1 saturated carbocycles. The predicted octanol–water partition coefficient (Wildman–Crippen LogP) is 4.60. The van der Waals surface area contributed by atoms with E-state index in [1.54, 1.807) is 0 Å². The lowest BCUT2D eigenvalue weighted by Gasteiger charge is -2.22. The zero-order valence-electron chi connectivity index (χ0n) is 11.3. The molecule has 0 spiro atoms. The highest BCUT2D eigenvalue weighted by Crippen LogP contribution is 2.33. The van der Waals surface area contributed by atoms with Crippen molar-refractivity contribution in [3.05, 3.63) is 28.2 Å². The smallest absolute Gasteiger partial charge is 0.107 e. The van der Waals surface area contributed by atoms with E-state index in [0.29, 0.717) is 6.04 Å². The molecule has 2 aromatic heterocycles. The minimum Gasteiger partial charge on any atom is -0.308 e. The third-order valence-electron chi connectivity index (χ3n) is 3.79. The van der Waals surface area contributed by atoms with Gasteiger partial charge in [-0.1, -0.05) is 19.3 Å². The lowest BCUT2D eigenvalue weighted by Crippen LogP contribution is -2.30. The molecule has 102 valence electrons. The van der Waals surface area contributed by atoms with Crippen molar-refractivity contribution in [2.75, 3.05) is 0 Å². The molecule has 0 radical (unpaired) electrons. The van der Waals surface area contributed by atoms with Gasteiger partial charge >= 0.3 is 0 Å². The first-order valence-corrected chi connectivity index (χ1v) is 8.75. The van der Waals surface area contributed by atoms with Gasteiger partial charge in [0.2, 0.25) is 0 Å². The van der Waals surface area contributed by atoms with Crippen molar-refractivity contribution in [1.82, 2.24) is 10.3 Å². The van der Waals surface area contributed by atoms with Crippen molar-refractivity contribution in [2.45, 2.75) is 51.6 Å². The van der Waals surface area contributed by atoms with E-state index in [-0.39, 0.29) is 0 Å². The number of thiophene rings is 1. The summed E-state index contributed by atoms with van der Waals surface area (Å²) in [5, 5.41) is 7.04. The zero-order valence-corrected chi connectivity index (χ0v) is 12.9. The molecule has 0 saturated heterocycles. The average molecular weight is 292 g/mol. The van der Waals surface area contributed by atoms with Crippen molar-refractivity contribution < 1.29 is 0 Å². The summed E-state index contributed by atoms with van der Waals surface area (Å²) in [7, 11) is 0. The Kier molecular flexibility index (Phi) is 4.31. The van der Waals surface area contributed by atoms with Gasteiger partial charge in [0.15, 0.2) is 0 Å². The summed E-state index contributed by atoms with van der Waals surface area (Å²) < 4.78 is 0. The second kappa shape index (κ2) is 6.16. The van der Waals surface area contributed by atoms with E-state index >= 15 is 0 Å². The summed E-state index contributed by atoms with van der Waals surface area (Å²) in [4.78, 5) is 7.25. The van der Waals surface area contributed by atoms with Crippen LogP contribution in [0, 0.1) is 6.92 Å². The molecular weight excluding hydrogens is 272 g/mol. The van der Waals surface area contributed by atoms with Crippen molar-refractivity contribution in [2.24, 2.45) is 0 Å². The molecule has 0 atom stereocenters. The largest absolute Gasteiger partial charge is 0.308 e. The van der Waals surface area contributed by atoms with E-state index in [4.69, 9.17) is 0 Å². The first-order chi connectivity index (χ1) is 9.33. The topological polar surface area (TPSA) is 24.9 Å². The second-order valence-corrected chi connectivity index (χ2v) is 7.30. The molecule has 0 aliphatic heterocycles. The fourth-order valence-corrected chi connectivity index (χ4v) is 4.63. The summed E-state index contributed by atoms with van der Waals surface area (Å²) in [6.07, 6.45) is 8.88. The number of hydrogen-bond acceptors (Lipinski definition) is 4. The lowest BCUT2D eigenvalue weighted by molar-refractivity contribution is 0.372. The van der Waals surface area contributed by atoms with E-state index in [1.807, 2.05) is 28.9 Å². The first-order valence-electron chi connectivity index (χ1n) is 7.05. The molecular formula is C15H20N2S2. The average Bonchev–Trinajstić information content (AvgIpc) is 3.06. The zero-order chi connectivity index (χ0) is 13.1. The lowest BCUT2D eigenvalue weighted by atomic mass is 9.96. The van der Waals surface area contributed by atoms with Gasteiger partial charge in [-0.15, -0.1) is 22.7 Å². The molecule has 1 fully saturated rings. The second-order valence-electron chi connectivity index (χ2n) is 5.27. The minimum absolute atomic E-state index is 0.713. The number of nitrogens with one attached hydrogen (secondary N) is 1. The number of hydrogen-bond donors (Lipinski definition) is 1.